The molecule has 108 valence electrons. The molecule has 0 unspecified atom stereocenters. The molecule has 3 N–H and O–H groups in total. The fourth-order valence-corrected chi connectivity index (χ4v) is 2.86. The minimum atomic E-state index is -0.0974. The summed E-state index contributed by atoms with van der Waals surface area (Å²) in [5, 5.41) is 7.67. The zero-order valence-corrected chi connectivity index (χ0v) is 12.4. The lowest BCUT2D eigenvalue weighted by atomic mass is 10.2. The first-order chi connectivity index (χ1) is 10.1. The Morgan fingerprint density at radius 2 is 2.29 bits per heavy atom. The van der Waals surface area contributed by atoms with Crippen LogP contribution in [-0.2, 0) is 13.5 Å². The number of aryl methyl sites for hydroxylation is 1. The largest absolute Gasteiger partial charge is 0.375 e. The lowest BCUT2D eigenvalue weighted by Crippen LogP contribution is -2.25. The number of thiazole rings is 1. The number of carbonyl (C=O) groups excluding carboxylic acids is 1. The second-order valence-electron chi connectivity index (χ2n) is 4.72. The van der Waals surface area contributed by atoms with E-state index in [1.54, 1.807) is 10.7 Å². The van der Waals surface area contributed by atoms with Crippen LogP contribution >= 0.6 is 11.3 Å². The van der Waals surface area contributed by atoms with Crippen molar-refractivity contribution in [3.8, 4) is 0 Å². The number of aromatic nitrogens is 3. The molecular formula is C14H15N5OS. The Balaban J connectivity index is 1.63. The summed E-state index contributed by atoms with van der Waals surface area (Å²) in [6.07, 6.45) is 2.60. The molecule has 0 bridgehead atoms. The summed E-state index contributed by atoms with van der Waals surface area (Å²) in [5.74, 6) is -0.0974. The van der Waals surface area contributed by atoms with Gasteiger partial charge < -0.3 is 11.1 Å². The Hall–Kier alpha value is -2.41. The molecule has 2 aromatic heterocycles. The molecule has 0 fully saturated rings. The fourth-order valence-electron chi connectivity index (χ4n) is 2.09. The van der Waals surface area contributed by atoms with Gasteiger partial charge in [-0.05, 0) is 24.3 Å². The van der Waals surface area contributed by atoms with E-state index in [0.29, 0.717) is 23.7 Å². The molecule has 21 heavy (non-hydrogen) atoms. The average molecular weight is 301 g/mol. The maximum atomic E-state index is 12.1. The minimum Gasteiger partial charge on any atom is -0.375 e. The summed E-state index contributed by atoms with van der Waals surface area (Å²) >= 11 is 1.38. The van der Waals surface area contributed by atoms with E-state index in [9.17, 15) is 4.79 Å². The van der Waals surface area contributed by atoms with Crippen LogP contribution in [0.25, 0.3) is 10.2 Å². The fraction of sp³-hybridized carbons (Fsp3) is 0.214. The Kier molecular flexibility index (Phi) is 3.57. The molecular weight excluding hydrogens is 286 g/mol. The van der Waals surface area contributed by atoms with E-state index < -0.39 is 0 Å². The van der Waals surface area contributed by atoms with Crippen LogP contribution in [0.5, 0.6) is 0 Å². The molecule has 0 radical (unpaired) electrons. The van der Waals surface area contributed by atoms with E-state index in [-0.39, 0.29) is 5.91 Å². The van der Waals surface area contributed by atoms with Gasteiger partial charge in [-0.15, -0.1) is 0 Å². The maximum Gasteiger partial charge on any atom is 0.251 e. The minimum absolute atomic E-state index is 0.0974. The third-order valence-corrected chi connectivity index (χ3v) is 3.95. The topological polar surface area (TPSA) is 85.8 Å². The van der Waals surface area contributed by atoms with Gasteiger partial charge in [0.1, 0.15) is 0 Å². The van der Waals surface area contributed by atoms with Gasteiger partial charge in [-0.1, -0.05) is 11.3 Å². The highest BCUT2D eigenvalue weighted by Crippen LogP contribution is 2.24. The zero-order chi connectivity index (χ0) is 14.8. The molecule has 6 nitrogen and oxygen atoms in total. The molecule has 1 amide bonds. The number of nitrogen functional groups attached to an aromatic ring is 1. The van der Waals surface area contributed by atoms with Crippen LogP contribution in [0.4, 0.5) is 5.13 Å². The summed E-state index contributed by atoms with van der Waals surface area (Å²) in [5.41, 5.74) is 8.06. The summed E-state index contributed by atoms with van der Waals surface area (Å²) in [4.78, 5) is 16.3. The number of hydrogen-bond acceptors (Lipinski definition) is 5. The predicted molar refractivity (Wildman–Crippen MR) is 83.3 cm³/mol. The monoisotopic (exact) mass is 301 g/mol. The van der Waals surface area contributed by atoms with Crippen LogP contribution in [0.1, 0.15) is 16.1 Å². The van der Waals surface area contributed by atoms with E-state index in [4.69, 9.17) is 5.73 Å². The molecule has 0 aliphatic carbocycles. The van der Waals surface area contributed by atoms with Gasteiger partial charge in [0, 0.05) is 31.8 Å². The van der Waals surface area contributed by atoms with Crippen molar-refractivity contribution in [1.29, 1.82) is 0 Å². The number of nitrogens with two attached hydrogens (primary N) is 1. The molecule has 0 atom stereocenters. The Bertz CT molecular complexity index is 792. The molecule has 7 heteroatoms. The van der Waals surface area contributed by atoms with Gasteiger partial charge in [0.25, 0.3) is 5.91 Å². The molecule has 0 aliphatic heterocycles. The molecule has 0 saturated heterocycles. The van der Waals surface area contributed by atoms with Crippen molar-refractivity contribution in [2.75, 3.05) is 12.3 Å². The number of carbonyl (C=O) groups is 1. The number of nitrogens with one attached hydrogen (secondary N) is 1. The second-order valence-corrected chi connectivity index (χ2v) is 5.78. The number of benzene rings is 1. The highest BCUT2D eigenvalue weighted by Gasteiger charge is 2.08. The van der Waals surface area contributed by atoms with Gasteiger partial charge in [0.15, 0.2) is 5.13 Å². The number of fused-ring (bicyclic) bond motifs is 1. The van der Waals surface area contributed by atoms with E-state index in [1.807, 2.05) is 31.4 Å². The van der Waals surface area contributed by atoms with Crippen molar-refractivity contribution in [1.82, 2.24) is 20.1 Å². The molecule has 0 aliphatic rings. The Morgan fingerprint density at radius 1 is 1.43 bits per heavy atom. The third-order valence-electron chi connectivity index (χ3n) is 3.10. The lowest BCUT2D eigenvalue weighted by molar-refractivity contribution is 0.0954. The SMILES string of the molecule is Cn1ccc(CCNC(=O)c2ccc3nc(N)sc3c2)n1. The zero-order valence-electron chi connectivity index (χ0n) is 11.5. The van der Waals surface area contributed by atoms with Crippen molar-refractivity contribution in [3.05, 3.63) is 41.7 Å². The van der Waals surface area contributed by atoms with Crippen molar-refractivity contribution >= 4 is 32.6 Å². The van der Waals surface area contributed by atoms with Gasteiger partial charge in [-0.3, -0.25) is 9.48 Å². The number of rotatable bonds is 4. The van der Waals surface area contributed by atoms with Gasteiger partial charge in [-0.2, -0.15) is 5.10 Å². The lowest BCUT2D eigenvalue weighted by Gasteiger charge is -2.04. The highest BCUT2D eigenvalue weighted by atomic mass is 32.1. The number of amides is 1. The van der Waals surface area contributed by atoms with E-state index in [0.717, 1.165) is 15.9 Å². The molecule has 0 saturated carbocycles. The molecule has 1 aromatic carbocycles. The highest BCUT2D eigenvalue weighted by molar-refractivity contribution is 7.22. The first kappa shape index (κ1) is 13.6. The van der Waals surface area contributed by atoms with Crippen LogP contribution < -0.4 is 11.1 Å². The average Bonchev–Trinajstić information content (AvgIpc) is 3.02. The summed E-state index contributed by atoms with van der Waals surface area (Å²) in [7, 11) is 1.87. The first-order valence-corrected chi connectivity index (χ1v) is 7.36. The van der Waals surface area contributed by atoms with Crippen molar-refractivity contribution in [2.45, 2.75) is 6.42 Å². The van der Waals surface area contributed by atoms with Crippen molar-refractivity contribution in [3.63, 3.8) is 0 Å². The van der Waals surface area contributed by atoms with Crippen LogP contribution in [-0.4, -0.2) is 27.2 Å². The summed E-state index contributed by atoms with van der Waals surface area (Å²) < 4.78 is 2.67. The molecule has 2 heterocycles. The van der Waals surface area contributed by atoms with Crippen LogP contribution in [0.15, 0.2) is 30.5 Å². The standard InChI is InChI=1S/C14H15N5OS/c1-19-7-5-10(18-19)4-6-16-13(20)9-2-3-11-12(8-9)21-14(15)17-11/h2-3,5,7-8H,4,6H2,1H3,(H2,15,17)(H,16,20). The summed E-state index contributed by atoms with van der Waals surface area (Å²) in [6, 6.07) is 7.34. The van der Waals surface area contributed by atoms with Crippen LogP contribution in [0.2, 0.25) is 0 Å². The normalized spacial score (nSPS) is 10.9. The van der Waals surface area contributed by atoms with Crippen molar-refractivity contribution < 1.29 is 4.79 Å². The number of anilines is 1. The third kappa shape index (κ3) is 3.03. The predicted octanol–water partition coefficient (Wildman–Crippen LogP) is 1.58. The maximum absolute atomic E-state index is 12.1. The van der Waals surface area contributed by atoms with E-state index in [1.165, 1.54) is 11.3 Å². The van der Waals surface area contributed by atoms with Gasteiger partial charge in [0.05, 0.1) is 15.9 Å². The first-order valence-electron chi connectivity index (χ1n) is 6.54. The molecule has 0 spiro atoms. The Morgan fingerprint density at radius 3 is 3.05 bits per heavy atom. The number of nitrogens with zero attached hydrogens (tertiary/aromatic N) is 3. The molecule has 3 aromatic rings. The van der Waals surface area contributed by atoms with Crippen LogP contribution in [0.3, 0.4) is 0 Å². The van der Waals surface area contributed by atoms with Crippen molar-refractivity contribution in [2.24, 2.45) is 7.05 Å². The Labute approximate surface area is 125 Å². The van der Waals surface area contributed by atoms with E-state index in [2.05, 4.69) is 15.4 Å². The smallest absolute Gasteiger partial charge is 0.251 e. The van der Waals surface area contributed by atoms with Gasteiger partial charge >= 0.3 is 0 Å². The molecule has 3 rings (SSSR count). The van der Waals surface area contributed by atoms with Crippen LogP contribution in [0, 0.1) is 0 Å². The number of hydrogen-bond donors (Lipinski definition) is 2. The second kappa shape index (κ2) is 5.53. The van der Waals surface area contributed by atoms with Gasteiger partial charge in [-0.25, -0.2) is 4.98 Å². The van der Waals surface area contributed by atoms with Gasteiger partial charge in [0.2, 0.25) is 0 Å². The van der Waals surface area contributed by atoms with E-state index >= 15 is 0 Å². The summed E-state index contributed by atoms with van der Waals surface area (Å²) in [6.45, 7) is 0.554. The quantitative estimate of drug-likeness (QED) is 0.766.